The molecule has 0 aromatic carbocycles. The first-order chi connectivity index (χ1) is 5.89. The molecule has 0 amide bonds. The fraction of sp³-hybridized carbons (Fsp3) is 0.818. The second-order valence-corrected chi connectivity index (χ2v) is 21.9. The topological polar surface area (TPSA) is 0 Å². The van der Waals surface area contributed by atoms with Gasteiger partial charge in [-0.3, -0.25) is 0 Å². The predicted molar refractivity (Wildman–Crippen MR) is 69.0 cm³/mol. The zero-order chi connectivity index (χ0) is 10.5. The summed E-state index contributed by atoms with van der Waals surface area (Å²) in [4.78, 5) is 0. The van der Waals surface area contributed by atoms with Crippen molar-refractivity contribution < 1.29 is 0 Å². The van der Waals surface area contributed by atoms with Crippen LogP contribution in [0.2, 0.25) is 13.4 Å². The van der Waals surface area contributed by atoms with Gasteiger partial charge in [-0.05, 0) is 0 Å². The zero-order valence-electron chi connectivity index (χ0n) is 9.35. The van der Waals surface area contributed by atoms with Gasteiger partial charge in [0.2, 0.25) is 0 Å². The number of hydrogen-bond acceptors (Lipinski definition) is 0. The van der Waals surface area contributed by atoms with E-state index in [-0.39, 0.29) is 0 Å². The van der Waals surface area contributed by atoms with Crippen LogP contribution in [0.4, 0.5) is 0 Å². The predicted octanol–water partition coefficient (Wildman–Crippen LogP) is 4.82. The summed E-state index contributed by atoms with van der Waals surface area (Å²) in [6.07, 6.45) is 2.11. The fourth-order valence-corrected chi connectivity index (χ4v) is 19.1. The monoisotopic (exact) mass is 364 g/mol. The molecule has 0 aromatic heterocycles. The maximum absolute atomic E-state index is 4.07. The minimum atomic E-state index is -1.72. The van der Waals surface area contributed by atoms with E-state index in [4.69, 9.17) is 0 Å². The van der Waals surface area contributed by atoms with Crippen LogP contribution in [0.5, 0.6) is 0 Å². The number of allylic oxidation sites excluding steroid dienone is 1. The molecule has 0 aliphatic heterocycles. The van der Waals surface area contributed by atoms with Crippen LogP contribution < -0.4 is 0 Å². The number of halogens is 1. The van der Waals surface area contributed by atoms with Gasteiger partial charge in [-0.2, -0.15) is 0 Å². The molecule has 0 unspecified atom stereocenters. The van der Waals surface area contributed by atoms with Gasteiger partial charge in [0.1, 0.15) is 0 Å². The average Bonchev–Trinajstić information content (AvgIpc) is 1.81. The Morgan fingerprint density at radius 2 is 1.54 bits per heavy atom. The molecule has 0 rings (SSSR count). The molecule has 0 saturated carbocycles. The summed E-state index contributed by atoms with van der Waals surface area (Å²) in [7, 11) is 0. The Kier molecular flexibility index (Phi) is 6.99. The Bertz CT molecular complexity index is 142. The van der Waals surface area contributed by atoms with Gasteiger partial charge in [-0.1, -0.05) is 0 Å². The summed E-state index contributed by atoms with van der Waals surface area (Å²) >= 11 is 2.34. The quantitative estimate of drug-likeness (QED) is 0.469. The van der Waals surface area contributed by atoms with Crippen LogP contribution in [0.3, 0.4) is 0 Å². The first kappa shape index (κ1) is 14.0. The van der Waals surface area contributed by atoms with E-state index in [1.807, 2.05) is 0 Å². The van der Waals surface area contributed by atoms with Gasteiger partial charge in [0.15, 0.2) is 0 Å². The van der Waals surface area contributed by atoms with Gasteiger partial charge in [-0.15, -0.1) is 0 Å². The summed E-state index contributed by atoms with van der Waals surface area (Å²) in [6.45, 7) is 13.2. The van der Waals surface area contributed by atoms with Gasteiger partial charge in [0.05, 0.1) is 0 Å². The standard InChI is InChI=1S/C11H23BrTe/c1-6-7-13(12,8-10(2)3)9-11(4)5/h6,10-11H,1,7-9H2,2-5H3. The summed E-state index contributed by atoms with van der Waals surface area (Å²) in [5, 5.41) is 0. The summed E-state index contributed by atoms with van der Waals surface area (Å²) in [5.41, 5.74) is 0. The molecule has 13 heavy (non-hydrogen) atoms. The van der Waals surface area contributed by atoms with Crippen molar-refractivity contribution in [3.8, 4) is 0 Å². The van der Waals surface area contributed by atoms with E-state index in [9.17, 15) is 0 Å². The molecule has 0 heterocycles. The second kappa shape index (κ2) is 6.49. The maximum atomic E-state index is 4.07. The van der Waals surface area contributed by atoms with Crippen LogP contribution in [-0.2, 0) is 0 Å². The zero-order valence-corrected chi connectivity index (χ0v) is 13.3. The van der Waals surface area contributed by atoms with Crippen molar-refractivity contribution in [2.75, 3.05) is 0 Å². The molecule has 0 spiro atoms. The Morgan fingerprint density at radius 3 is 1.77 bits per heavy atom. The second-order valence-electron chi connectivity index (χ2n) is 4.52. The summed E-state index contributed by atoms with van der Waals surface area (Å²) in [5.74, 6) is 1.67. The molecular formula is C11H23BrTe. The SMILES string of the molecule is C=CC[Te](Br)(CC(C)C)CC(C)C. The minimum absolute atomic E-state index is 0.833. The molecule has 0 fully saturated rings. The van der Waals surface area contributed by atoms with Gasteiger partial charge in [0.25, 0.3) is 0 Å². The van der Waals surface area contributed by atoms with E-state index in [0.717, 1.165) is 11.8 Å². The van der Waals surface area contributed by atoms with Crippen LogP contribution in [-0.4, -0.2) is 16.0 Å². The van der Waals surface area contributed by atoms with E-state index in [1.165, 1.54) is 13.4 Å². The van der Waals surface area contributed by atoms with Gasteiger partial charge < -0.3 is 0 Å². The molecule has 0 atom stereocenters. The van der Waals surface area contributed by atoms with Gasteiger partial charge in [-0.25, -0.2) is 0 Å². The third kappa shape index (κ3) is 7.00. The van der Waals surface area contributed by atoms with Crippen molar-refractivity contribution in [1.82, 2.24) is 0 Å². The van der Waals surface area contributed by atoms with E-state index in [2.05, 4.69) is 53.1 Å². The van der Waals surface area contributed by atoms with E-state index in [0.29, 0.717) is 0 Å². The van der Waals surface area contributed by atoms with Crippen LogP contribution >= 0.6 is 12.8 Å². The molecular weight excluding hydrogens is 340 g/mol. The van der Waals surface area contributed by atoms with Gasteiger partial charge in [0, 0.05) is 0 Å². The Labute approximate surface area is 93.8 Å². The molecule has 0 radical (unpaired) electrons. The van der Waals surface area contributed by atoms with Crippen molar-refractivity contribution in [1.29, 1.82) is 0 Å². The van der Waals surface area contributed by atoms with Crippen LogP contribution in [0.1, 0.15) is 27.7 Å². The summed E-state index contributed by atoms with van der Waals surface area (Å²) in [6, 6.07) is 0. The van der Waals surface area contributed by atoms with Crippen molar-refractivity contribution in [2.45, 2.75) is 41.1 Å². The van der Waals surface area contributed by atoms with E-state index >= 15 is 0 Å². The Hall–Kier alpha value is 1.01. The van der Waals surface area contributed by atoms with Gasteiger partial charge >= 0.3 is 94.3 Å². The molecule has 80 valence electrons. The van der Waals surface area contributed by atoms with E-state index in [1.54, 1.807) is 0 Å². The van der Waals surface area contributed by atoms with Crippen molar-refractivity contribution in [3.05, 3.63) is 12.7 Å². The van der Waals surface area contributed by atoms with Crippen LogP contribution in [0.15, 0.2) is 12.7 Å². The normalized spacial score (nSPS) is 13.8. The molecule has 0 aromatic rings. The van der Waals surface area contributed by atoms with Crippen molar-refractivity contribution in [2.24, 2.45) is 11.8 Å². The molecule has 2 heteroatoms. The molecule has 0 bridgehead atoms. The third-order valence-corrected chi connectivity index (χ3v) is 16.6. The molecule has 0 saturated heterocycles. The third-order valence-electron chi connectivity index (χ3n) is 1.68. The first-order valence-electron chi connectivity index (χ1n) is 4.96. The molecule has 0 N–H and O–H groups in total. The summed E-state index contributed by atoms with van der Waals surface area (Å²) < 4.78 is 4.11. The first-order valence-corrected chi connectivity index (χ1v) is 15.1. The molecule has 0 aliphatic rings. The fourth-order valence-electron chi connectivity index (χ4n) is 1.61. The Balaban J connectivity index is 4.23. The van der Waals surface area contributed by atoms with E-state index < -0.39 is 16.0 Å². The van der Waals surface area contributed by atoms with Crippen molar-refractivity contribution >= 4 is 28.7 Å². The van der Waals surface area contributed by atoms with Crippen molar-refractivity contribution in [3.63, 3.8) is 0 Å². The Morgan fingerprint density at radius 1 is 1.15 bits per heavy atom. The molecule has 0 aliphatic carbocycles. The number of rotatable bonds is 6. The van der Waals surface area contributed by atoms with Crippen LogP contribution in [0, 0.1) is 11.8 Å². The number of hydrogen-bond donors (Lipinski definition) is 0. The average molecular weight is 363 g/mol. The van der Waals surface area contributed by atoms with Crippen LogP contribution in [0.25, 0.3) is 0 Å². The molecule has 0 nitrogen and oxygen atoms in total.